The van der Waals surface area contributed by atoms with E-state index >= 15 is 0 Å². The first kappa shape index (κ1) is 8.79. The van der Waals surface area contributed by atoms with E-state index in [9.17, 15) is 0 Å². The van der Waals surface area contributed by atoms with E-state index in [-0.39, 0.29) is 0 Å². The van der Waals surface area contributed by atoms with Gasteiger partial charge in [0.05, 0.1) is 11.8 Å². The Morgan fingerprint density at radius 2 is 2.08 bits per heavy atom. The third kappa shape index (κ3) is 1.33. The van der Waals surface area contributed by atoms with E-state index in [0.29, 0.717) is 0 Å². The van der Waals surface area contributed by atoms with Crippen LogP contribution in [0.4, 0.5) is 0 Å². The maximum Gasteiger partial charge on any atom is 0.143 e. The van der Waals surface area contributed by atoms with Crippen LogP contribution >= 0.6 is 0 Å². The summed E-state index contributed by atoms with van der Waals surface area (Å²) >= 11 is 0. The van der Waals surface area contributed by atoms with Crippen molar-refractivity contribution in [3.8, 4) is 6.07 Å². The maximum absolute atomic E-state index is 8.87. The van der Waals surface area contributed by atoms with Crippen molar-refractivity contribution in [2.45, 2.75) is 33.2 Å². The van der Waals surface area contributed by atoms with Gasteiger partial charge >= 0.3 is 0 Å². The van der Waals surface area contributed by atoms with E-state index in [1.54, 1.807) is 4.68 Å². The second-order valence-electron chi connectivity index (χ2n) is 3.51. The highest BCUT2D eigenvalue weighted by Gasteiger charge is 2.21. The fourth-order valence-electron chi connectivity index (χ4n) is 1.24. The molecule has 64 valence electrons. The quantitative estimate of drug-likeness (QED) is 0.633. The first-order valence-corrected chi connectivity index (χ1v) is 3.92. The predicted molar refractivity (Wildman–Crippen MR) is 46.6 cm³/mol. The molecule has 3 nitrogen and oxygen atoms in total. The first-order chi connectivity index (χ1) is 5.47. The fourth-order valence-corrected chi connectivity index (χ4v) is 1.24. The Hall–Kier alpha value is -1.30. The second kappa shape index (κ2) is 2.63. The van der Waals surface area contributed by atoms with Gasteiger partial charge in [-0.2, -0.15) is 10.4 Å². The molecule has 0 aliphatic rings. The van der Waals surface area contributed by atoms with Gasteiger partial charge < -0.3 is 0 Å². The van der Waals surface area contributed by atoms with Gasteiger partial charge in [0.1, 0.15) is 5.54 Å². The van der Waals surface area contributed by atoms with Gasteiger partial charge in [-0.3, -0.25) is 0 Å². The van der Waals surface area contributed by atoms with Crippen molar-refractivity contribution in [2.75, 3.05) is 0 Å². The number of rotatable bonds is 1. The number of hydrogen-bond acceptors (Lipinski definition) is 2. The molecule has 0 aliphatic carbocycles. The molecule has 3 heteroatoms. The Morgan fingerprint density at radius 1 is 1.50 bits per heavy atom. The Morgan fingerprint density at radius 3 is 2.42 bits per heavy atom. The summed E-state index contributed by atoms with van der Waals surface area (Å²) in [7, 11) is 0. The normalized spacial score (nSPS) is 11.2. The number of nitrogens with zero attached hydrogens (tertiary/aromatic N) is 3. The van der Waals surface area contributed by atoms with Crippen LogP contribution < -0.4 is 0 Å². The van der Waals surface area contributed by atoms with Crippen molar-refractivity contribution < 1.29 is 0 Å². The molecule has 0 saturated heterocycles. The zero-order valence-electron chi connectivity index (χ0n) is 7.92. The van der Waals surface area contributed by atoms with Crippen LogP contribution in [-0.2, 0) is 5.54 Å². The zero-order valence-corrected chi connectivity index (χ0v) is 7.92. The van der Waals surface area contributed by atoms with Crippen LogP contribution in [0.2, 0.25) is 0 Å². The van der Waals surface area contributed by atoms with Gasteiger partial charge in [-0.15, -0.1) is 0 Å². The van der Waals surface area contributed by atoms with Crippen molar-refractivity contribution in [1.82, 2.24) is 9.78 Å². The van der Waals surface area contributed by atoms with Gasteiger partial charge in [0.2, 0.25) is 0 Å². The van der Waals surface area contributed by atoms with E-state index < -0.39 is 5.54 Å². The van der Waals surface area contributed by atoms with Crippen LogP contribution in [0, 0.1) is 25.2 Å². The molecule has 0 radical (unpaired) electrons. The van der Waals surface area contributed by atoms with Gasteiger partial charge in [-0.1, -0.05) is 0 Å². The minimum atomic E-state index is -0.543. The highest BCUT2D eigenvalue weighted by Crippen LogP contribution is 2.15. The Bertz CT molecular complexity index is 328. The first-order valence-electron chi connectivity index (χ1n) is 3.92. The third-order valence-electron chi connectivity index (χ3n) is 1.81. The molecular weight excluding hydrogens is 150 g/mol. The van der Waals surface area contributed by atoms with E-state index in [1.165, 1.54) is 0 Å². The summed E-state index contributed by atoms with van der Waals surface area (Å²) in [5, 5.41) is 13.1. The van der Waals surface area contributed by atoms with Gasteiger partial charge in [0, 0.05) is 5.69 Å². The molecule has 0 fully saturated rings. The molecule has 0 unspecified atom stereocenters. The molecule has 0 amide bonds. The molecule has 0 N–H and O–H groups in total. The molecule has 0 aliphatic heterocycles. The molecule has 0 aromatic carbocycles. The Kier molecular flexibility index (Phi) is 1.93. The zero-order chi connectivity index (χ0) is 9.35. The van der Waals surface area contributed by atoms with Crippen LogP contribution in [0.5, 0.6) is 0 Å². The van der Waals surface area contributed by atoms with Gasteiger partial charge in [0.15, 0.2) is 0 Å². The van der Waals surface area contributed by atoms with Crippen LogP contribution in [0.15, 0.2) is 6.07 Å². The number of aryl methyl sites for hydroxylation is 2. The Balaban J connectivity index is 3.21. The molecule has 0 atom stereocenters. The molecule has 1 aromatic rings. The minimum absolute atomic E-state index is 0.543. The van der Waals surface area contributed by atoms with Gasteiger partial charge in [-0.25, -0.2) is 4.68 Å². The molecule has 0 bridgehead atoms. The predicted octanol–water partition coefficient (Wildman–Crippen LogP) is 1.76. The largest absolute Gasteiger partial charge is 0.250 e. The third-order valence-corrected chi connectivity index (χ3v) is 1.81. The van der Waals surface area contributed by atoms with Gasteiger partial charge in [-0.05, 0) is 33.8 Å². The van der Waals surface area contributed by atoms with Crippen molar-refractivity contribution in [1.29, 1.82) is 5.26 Å². The minimum Gasteiger partial charge on any atom is -0.250 e. The number of aromatic nitrogens is 2. The summed E-state index contributed by atoms with van der Waals surface area (Å²) in [6.07, 6.45) is 0. The lowest BCUT2D eigenvalue weighted by Crippen LogP contribution is -2.26. The summed E-state index contributed by atoms with van der Waals surface area (Å²) in [6, 6.07) is 4.18. The average molecular weight is 163 g/mol. The molecule has 0 saturated carbocycles. The molecule has 0 spiro atoms. The number of nitriles is 1. The monoisotopic (exact) mass is 163 g/mol. The summed E-state index contributed by atoms with van der Waals surface area (Å²) in [5.41, 5.74) is 1.44. The van der Waals surface area contributed by atoms with E-state index in [2.05, 4.69) is 11.2 Å². The molecule has 12 heavy (non-hydrogen) atoms. The van der Waals surface area contributed by atoms with Gasteiger partial charge in [0.25, 0.3) is 0 Å². The fraction of sp³-hybridized carbons (Fsp3) is 0.556. The lowest BCUT2D eigenvalue weighted by atomic mass is 10.1. The summed E-state index contributed by atoms with van der Waals surface area (Å²) in [4.78, 5) is 0. The molecule has 1 aromatic heterocycles. The standard InChI is InChI=1S/C9H13N3/c1-7-5-8(2)12(11-7)9(3,4)6-10/h5H,1-4H3. The number of hydrogen-bond donors (Lipinski definition) is 0. The Labute approximate surface area is 72.6 Å². The lowest BCUT2D eigenvalue weighted by molar-refractivity contribution is 0.407. The highest BCUT2D eigenvalue weighted by atomic mass is 15.3. The van der Waals surface area contributed by atoms with Crippen LogP contribution in [0.3, 0.4) is 0 Å². The SMILES string of the molecule is Cc1cc(C)n(C(C)(C)C#N)n1. The summed E-state index contributed by atoms with van der Waals surface area (Å²) in [5.74, 6) is 0. The van der Waals surface area contributed by atoms with Crippen LogP contribution in [-0.4, -0.2) is 9.78 Å². The average Bonchev–Trinajstić information content (AvgIpc) is 2.31. The lowest BCUT2D eigenvalue weighted by Gasteiger charge is -2.17. The maximum atomic E-state index is 8.87. The molecule has 1 heterocycles. The van der Waals surface area contributed by atoms with Crippen LogP contribution in [0.1, 0.15) is 25.2 Å². The van der Waals surface area contributed by atoms with Crippen LogP contribution in [0.25, 0.3) is 0 Å². The van der Waals surface area contributed by atoms with Crippen molar-refractivity contribution in [3.05, 3.63) is 17.5 Å². The highest BCUT2D eigenvalue weighted by molar-refractivity contribution is 5.12. The van der Waals surface area contributed by atoms with Crippen molar-refractivity contribution in [2.24, 2.45) is 0 Å². The second-order valence-corrected chi connectivity index (χ2v) is 3.51. The summed E-state index contributed by atoms with van der Waals surface area (Å²) in [6.45, 7) is 7.59. The topological polar surface area (TPSA) is 41.6 Å². The summed E-state index contributed by atoms with van der Waals surface area (Å²) < 4.78 is 1.75. The molecular formula is C9H13N3. The van der Waals surface area contributed by atoms with E-state index in [1.807, 2.05) is 33.8 Å². The van der Waals surface area contributed by atoms with E-state index in [0.717, 1.165) is 11.4 Å². The smallest absolute Gasteiger partial charge is 0.143 e. The van der Waals surface area contributed by atoms with E-state index in [4.69, 9.17) is 5.26 Å². The molecule has 1 rings (SSSR count). The van der Waals surface area contributed by atoms with Crippen molar-refractivity contribution in [3.63, 3.8) is 0 Å². The van der Waals surface area contributed by atoms with Crippen molar-refractivity contribution >= 4 is 0 Å².